The molecule has 3 N–H and O–H groups in total. The van der Waals surface area contributed by atoms with Crippen LogP contribution in [0.3, 0.4) is 0 Å². The summed E-state index contributed by atoms with van der Waals surface area (Å²) in [7, 11) is -6.53. The molecule has 16 heteroatoms. The Labute approximate surface area is 402 Å². The zero-order chi connectivity index (χ0) is 48.1. The van der Waals surface area contributed by atoms with E-state index in [4.69, 9.17) is 9.47 Å². The van der Waals surface area contributed by atoms with Gasteiger partial charge in [-0.05, 0) is 144 Å². The molecule has 4 saturated carbocycles. The molecule has 2 saturated heterocycles. The highest BCUT2D eigenvalue weighted by Crippen LogP contribution is 2.52. The van der Waals surface area contributed by atoms with Crippen LogP contribution in [0.1, 0.15) is 147 Å². The maximum Gasteiger partial charge on any atom is 0.220 e. The Hall–Kier alpha value is -2.47. The number of nitrogens with one attached hydrogen (secondary N) is 3. The summed E-state index contributed by atoms with van der Waals surface area (Å²) in [6, 6.07) is 20.9. The van der Waals surface area contributed by atoms with Gasteiger partial charge in [-0.1, -0.05) is 81.4 Å². The summed E-state index contributed by atoms with van der Waals surface area (Å²) in [6.07, 6.45) is 17.4. The van der Waals surface area contributed by atoms with Gasteiger partial charge in [0.2, 0.25) is 31.2 Å². The van der Waals surface area contributed by atoms with Gasteiger partial charge in [0.15, 0.2) is 0 Å². The number of amides is 1. The van der Waals surface area contributed by atoms with Crippen molar-refractivity contribution < 1.29 is 35.9 Å². The third-order valence-corrected chi connectivity index (χ3v) is 16.0. The van der Waals surface area contributed by atoms with Crippen LogP contribution in [0.5, 0.6) is 0 Å². The summed E-state index contributed by atoms with van der Waals surface area (Å²) in [5, 5.41) is 3.28. The van der Waals surface area contributed by atoms with Gasteiger partial charge in [-0.2, -0.15) is 0 Å². The van der Waals surface area contributed by atoms with E-state index >= 15 is 0 Å². The summed E-state index contributed by atoms with van der Waals surface area (Å²) in [5.41, 5.74) is 2.85. The predicted molar refractivity (Wildman–Crippen MR) is 265 cm³/mol. The number of likely N-dealkylation sites (tertiary alicyclic amines) is 1. The topological polar surface area (TPSA) is 163 Å². The van der Waals surface area contributed by atoms with E-state index in [-0.39, 0.29) is 52.5 Å². The van der Waals surface area contributed by atoms with Crippen molar-refractivity contribution in [3.63, 3.8) is 0 Å². The standard InChI is InChI=1S/C22H32N2O4S.C20H30N2O3S.C6H15N.C2H3ClO/c1-16(25)24-21(20(23-29(2,26)27)14-22(24)12-13-22)15-28-19-10-8-18(9-11-19)17-6-4-3-5-7-17;1-26(23,24)22-18-13-20(11-12-20)21-19(18)14-25-17-9-7-16(8-10-17)15-5-3-2-4-6-15;1-4-7(5-2)6-3;1-2(3)4/h3-7,18-21,23H,8-15H2,1-2H3;2-6,16-19,21-22H,7-14H2,1H3;4-6H2,1-3H3;1H3/t18?,19?,20-,21-;16?,17?,18-,19-;;/m00../s1. The third kappa shape index (κ3) is 17.2. The molecular weight excluding hydrogens is 898 g/mol. The Kier molecular flexibility index (Phi) is 20.5. The Balaban J connectivity index is 0.000000203. The lowest BCUT2D eigenvalue weighted by atomic mass is 9.83. The lowest BCUT2D eigenvalue weighted by molar-refractivity contribution is -0.134. The number of halogens is 1. The SMILES string of the molecule is CC(=O)Cl.CC(=O)N1[C@@H](COC2CCC(c3ccccc3)CC2)[C@@H](NS(C)(=O)=O)CC12CC2.CCN(CC)CC.CS(=O)(=O)N[C@H]1CC2(CC2)N[C@H]1COC1CCC(c2ccccc2)CC1. The van der Waals surface area contributed by atoms with Crippen LogP contribution in [0.2, 0.25) is 0 Å². The average Bonchev–Trinajstić information content (AvgIpc) is 4.17. The first-order chi connectivity index (χ1) is 31.3. The first-order valence-electron chi connectivity index (χ1n) is 24.5. The molecule has 4 atom stereocenters. The van der Waals surface area contributed by atoms with Gasteiger partial charge in [0.1, 0.15) is 0 Å². The van der Waals surface area contributed by atoms with Crippen LogP contribution in [0.15, 0.2) is 60.7 Å². The van der Waals surface area contributed by atoms with Crippen molar-refractivity contribution in [2.24, 2.45) is 0 Å². The second-order valence-electron chi connectivity index (χ2n) is 19.6. The molecule has 13 nitrogen and oxygen atoms in total. The molecule has 2 aromatic rings. The number of benzene rings is 2. The van der Waals surface area contributed by atoms with Crippen LogP contribution in [0, 0.1) is 0 Å². The summed E-state index contributed by atoms with van der Waals surface area (Å²) in [4.78, 5) is 25.9. The minimum absolute atomic E-state index is 0.0155. The van der Waals surface area contributed by atoms with Crippen molar-refractivity contribution in [3.8, 4) is 0 Å². The number of sulfonamides is 2. The van der Waals surface area contributed by atoms with E-state index in [1.165, 1.54) is 63.0 Å². The summed E-state index contributed by atoms with van der Waals surface area (Å²) in [6.45, 7) is 14.0. The van der Waals surface area contributed by atoms with Gasteiger partial charge in [-0.3, -0.25) is 9.59 Å². The third-order valence-electron chi connectivity index (χ3n) is 14.5. The molecule has 1 amide bonds. The van der Waals surface area contributed by atoms with Crippen molar-refractivity contribution in [3.05, 3.63) is 71.8 Å². The second-order valence-corrected chi connectivity index (χ2v) is 23.7. The number of nitrogens with zero attached hydrogens (tertiary/aromatic N) is 2. The lowest BCUT2D eigenvalue weighted by Gasteiger charge is -2.34. The monoisotopic (exact) mass is 978 g/mol. The molecule has 2 heterocycles. The van der Waals surface area contributed by atoms with Gasteiger partial charge in [-0.25, -0.2) is 26.3 Å². The van der Waals surface area contributed by atoms with E-state index in [0.29, 0.717) is 37.6 Å². The van der Waals surface area contributed by atoms with Crippen molar-refractivity contribution in [1.82, 2.24) is 24.6 Å². The van der Waals surface area contributed by atoms with Crippen LogP contribution in [-0.4, -0.2) is 131 Å². The molecule has 0 aromatic heterocycles. The highest BCUT2D eigenvalue weighted by Gasteiger charge is 2.60. The van der Waals surface area contributed by atoms with Gasteiger partial charge in [0.05, 0.1) is 44.0 Å². The van der Waals surface area contributed by atoms with Gasteiger partial charge in [0.25, 0.3) is 0 Å². The number of hydrogen-bond acceptors (Lipinski definition) is 10. The normalized spacial score (nSPS) is 28.3. The molecule has 4 aliphatic carbocycles. The van der Waals surface area contributed by atoms with Crippen LogP contribution >= 0.6 is 11.6 Å². The molecular formula is C50H80ClN5O8S2. The van der Waals surface area contributed by atoms with Gasteiger partial charge >= 0.3 is 0 Å². The number of carbonyl (C=O) groups is 2. The minimum atomic E-state index is -3.34. The van der Waals surface area contributed by atoms with E-state index in [2.05, 4.69) is 107 Å². The van der Waals surface area contributed by atoms with Crippen molar-refractivity contribution in [2.45, 2.75) is 184 Å². The van der Waals surface area contributed by atoms with E-state index in [1.807, 2.05) is 11.0 Å². The summed E-state index contributed by atoms with van der Waals surface area (Å²) < 4.78 is 65.1. The number of carbonyl (C=O) groups excluding carboxylic acids is 2. The molecule has 0 bridgehead atoms. The quantitative estimate of drug-likeness (QED) is 0.153. The Morgan fingerprint density at radius 2 is 1.11 bits per heavy atom. The first-order valence-corrected chi connectivity index (χ1v) is 28.7. The van der Waals surface area contributed by atoms with Crippen LogP contribution < -0.4 is 14.8 Å². The van der Waals surface area contributed by atoms with Crippen LogP contribution in [-0.2, 0) is 39.1 Å². The molecule has 2 aromatic carbocycles. The van der Waals surface area contributed by atoms with Crippen molar-refractivity contribution in [1.29, 1.82) is 0 Å². The molecule has 0 unspecified atom stereocenters. The molecule has 8 rings (SSSR count). The van der Waals surface area contributed by atoms with Gasteiger partial charge < -0.3 is 24.6 Å². The average molecular weight is 979 g/mol. The van der Waals surface area contributed by atoms with E-state index in [0.717, 1.165) is 70.6 Å². The Bertz CT molecular complexity index is 2010. The summed E-state index contributed by atoms with van der Waals surface area (Å²) >= 11 is 4.64. The van der Waals surface area contributed by atoms with E-state index < -0.39 is 20.0 Å². The maximum atomic E-state index is 12.4. The minimum Gasteiger partial charge on any atom is -0.377 e. The van der Waals surface area contributed by atoms with Gasteiger partial charge in [-0.15, -0.1) is 0 Å². The number of rotatable bonds is 15. The molecule has 6 aliphatic rings. The molecule has 6 fully saturated rings. The highest BCUT2D eigenvalue weighted by molar-refractivity contribution is 7.89. The lowest BCUT2D eigenvalue weighted by Crippen LogP contribution is -2.50. The Morgan fingerprint density at radius 1 is 0.682 bits per heavy atom. The Morgan fingerprint density at radius 3 is 1.47 bits per heavy atom. The zero-order valence-electron chi connectivity index (χ0n) is 40.7. The molecule has 2 spiro atoms. The highest BCUT2D eigenvalue weighted by atomic mass is 35.5. The number of ether oxygens (including phenoxy) is 2. The van der Waals surface area contributed by atoms with E-state index in [9.17, 15) is 26.4 Å². The van der Waals surface area contributed by atoms with Crippen LogP contribution in [0.25, 0.3) is 0 Å². The van der Waals surface area contributed by atoms with Crippen molar-refractivity contribution in [2.75, 3.05) is 45.4 Å². The maximum absolute atomic E-state index is 12.4. The molecule has 66 heavy (non-hydrogen) atoms. The zero-order valence-corrected chi connectivity index (χ0v) is 43.1. The molecule has 372 valence electrons. The second kappa shape index (κ2) is 24.9. The fraction of sp³-hybridized carbons (Fsp3) is 0.720. The van der Waals surface area contributed by atoms with Crippen LogP contribution in [0.4, 0.5) is 0 Å². The molecule has 0 radical (unpaired) electrons. The smallest absolute Gasteiger partial charge is 0.220 e. The largest absolute Gasteiger partial charge is 0.377 e. The summed E-state index contributed by atoms with van der Waals surface area (Å²) in [5.74, 6) is 1.25. The fourth-order valence-corrected chi connectivity index (χ4v) is 12.4. The van der Waals surface area contributed by atoms with Crippen molar-refractivity contribution >= 4 is 42.8 Å². The number of hydrogen-bond donors (Lipinski definition) is 3. The fourth-order valence-electron chi connectivity index (χ4n) is 10.8. The predicted octanol–water partition coefficient (Wildman–Crippen LogP) is 7.46. The first kappa shape index (κ1) is 54.5. The molecule has 2 aliphatic heterocycles. The van der Waals surface area contributed by atoms with E-state index in [1.54, 1.807) is 6.92 Å². The van der Waals surface area contributed by atoms with Gasteiger partial charge in [0, 0.05) is 43.1 Å².